The van der Waals surface area contributed by atoms with Crippen LogP contribution in [0.2, 0.25) is 0 Å². The minimum atomic E-state index is -4.27. The van der Waals surface area contributed by atoms with Gasteiger partial charge in [-0.3, -0.25) is 5.41 Å². The van der Waals surface area contributed by atoms with Crippen LogP contribution >= 0.6 is 15.9 Å². The van der Waals surface area contributed by atoms with Crippen LogP contribution in [0.4, 0.5) is 18.9 Å². The van der Waals surface area contributed by atoms with E-state index in [1.54, 1.807) is 19.9 Å². The minimum Gasteiger partial charge on any atom is -0.384 e. The highest BCUT2D eigenvalue weighted by Gasteiger charge is 2.32. The second-order valence-electron chi connectivity index (χ2n) is 4.42. The number of nitrogen functional groups attached to an aromatic ring is 1. The molecule has 0 heterocycles. The largest absolute Gasteiger partial charge is 0.405 e. The first-order valence-electron chi connectivity index (χ1n) is 5.59. The molecule has 0 unspecified atom stereocenters. The smallest absolute Gasteiger partial charge is 0.384 e. The molecular weight excluding hydrogens is 323 g/mol. The van der Waals surface area contributed by atoms with E-state index < -0.39 is 12.7 Å². The Hall–Kier alpha value is -1.24. The molecule has 0 aromatic heterocycles. The van der Waals surface area contributed by atoms with Gasteiger partial charge in [-0.15, -0.1) is 0 Å². The van der Waals surface area contributed by atoms with Gasteiger partial charge in [0.15, 0.2) is 0 Å². The Bertz CT molecular complexity index is 472. The monoisotopic (exact) mass is 337 g/mol. The number of nitrogens with two attached hydrogens (primary N) is 1. The molecule has 0 bridgehead atoms. The van der Waals surface area contributed by atoms with Crippen molar-refractivity contribution in [3.05, 3.63) is 28.2 Å². The van der Waals surface area contributed by atoms with Crippen molar-refractivity contribution in [1.29, 1.82) is 5.41 Å². The predicted molar refractivity (Wildman–Crippen MR) is 73.7 cm³/mol. The Labute approximate surface area is 118 Å². The van der Waals surface area contributed by atoms with Crippen molar-refractivity contribution in [2.24, 2.45) is 5.73 Å². The van der Waals surface area contributed by atoms with Crippen molar-refractivity contribution in [1.82, 2.24) is 0 Å². The molecule has 0 radical (unpaired) electrons. The quantitative estimate of drug-likeness (QED) is 0.652. The summed E-state index contributed by atoms with van der Waals surface area (Å²) < 4.78 is 38.2. The predicted octanol–water partition coefficient (Wildman–Crippen LogP) is 3.51. The molecule has 0 atom stereocenters. The van der Waals surface area contributed by atoms with E-state index in [9.17, 15) is 13.2 Å². The maximum Gasteiger partial charge on any atom is 0.405 e. The first-order valence-corrected chi connectivity index (χ1v) is 6.38. The highest BCUT2D eigenvalue weighted by molar-refractivity contribution is 9.10. The van der Waals surface area contributed by atoms with Gasteiger partial charge in [0.25, 0.3) is 0 Å². The van der Waals surface area contributed by atoms with Crippen molar-refractivity contribution < 1.29 is 13.2 Å². The van der Waals surface area contributed by atoms with Crippen LogP contribution in [-0.2, 0) is 0 Å². The van der Waals surface area contributed by atoms with Crippen molar-refractivity contribution in [3.8, 4) is 0 Å². The van der Waals surface area contributed by atoms with Crippen molar-refractivity contribution in [2.75, 3.05) is 11.4 Å². The highest BCUT2D eigenvalue weighted by Crippen LogP contribution is 2.31. The summed E-state index contributed by atoms with van der Waals surface area (Å²) in [5, 5.41) is 7.30. The number of rotatable bonds is 4. The van der Waals surface area contributed by atoms with Crippen LogP contribution in [0, 0.1) is 5.41 Å². The molecule has 0 aliphatic heterocycles. The highest BCUT2D eigenvalue weighted by atomic mass is 79.9. The summed E-state index contributed by atoms with van der Waals surface area (Å²) >= 11 is 3.23. The summed E-state index contributed by atoms with van der Waals surface area (Å²) in [5.74, 6) is -0.126. The maximum atomic E-state index is 12.6. The molecule has 0 fully saturated rings. The zero-order valence-electron chi connectivity index (χ0n) is 10.6. The van der Waals surface area contributed by atoms with Gasteiger partial charge in [-0.25, -0.2) is 0 Å². The van der Waals surface area contributed by atoms with Crippen LogP contribution in [0.25, 0.3) is 0 Å². The maximum absolute atomic E-state index is 12.6. The molecule has 0 spiro atoms. The van der Waals surface area contributed by atoms with Crippen LogP contribution < -0.4 is 10.6 Å². The minimum absolute atomic E-state index is 0.126. The van der Waals surface area contributed by atoms with E-state index in [0.717, 1.165) is 0 Å². The number of hydrogen-bond acceptors (Lipinski definition) is 2. The standard InChI is InChI=1S/C12H15BrF3N3/c1-7(2)19(6-12(14,15)16)10-4-3-8(11(17)18)5-9(10)13/h3-5,7H,6H2,1-2H3,(H3,17,18). The average molecular weight is 338 g/mol. The lowest BCUT2D eigenvalue weighted by Gasteiger charge is -2.30. The third kappa shape index (κ3) is 4.41. The van der Waals surface area contributed by atoms with Gasteiger partial charge in [-0.1, -0.05) is 0 Å². The topological polar surface area (TPSA) is 53.1 Å². The van der Waals surface area contributed by atoms with Gasteiger partial charge in [0.05, 0.1) is 5.69 Å². The van der Waals surface area contributed by atoms with Gasteiger partial charge in [0.1, 0.15) is 12.4 Å². The fraction of sp³-hybridized carbons (Fsp3) is 0.417. The van der Waals surface area contributed by atoms with E-state index in [4.69, 9.17) is 11.1 Å². The van der Waals surface area contributed by atoms with E-state index >= 15 is 0 Å². The zero-order chi connectivity index (χ0) is 14.8. The molecule has 0 amide bonds. The number of alkyl halides is 3. The van der Waals surface area contributed by atoms with Crippen molar-refractivity contribution >= 4 is 27.5 Å². The second kappa shape index (κ2) is 5.81. The van der Waals surface area contributed by atoms with Crippen molar-refractivity contribution in [3.63, 3.8) is 0 Å². The van der Waals surface area contributed by atoms with E-state index in [2.05, 4.69) is 15.9 Å². The molecule has 0 saturated heterocycles. The molecular formula is C12H15BrF3N3. The lowest BCUT2D eigenvalue weighted by molar-refractivity contribution is -0.120. The molecule has 1 aromatic carbocycles. The van der Waals surface area contributed by atoms with E-state index in [-0.39, 0.29) is 11.9 Å². The summed E-state index contributed by atoms with van der Waals surface area (Å²) in [5.41, 5.74) is 6.23. The molecule has 1 rings (SSSR count). The van der Waals surface area contributed by atoms with E-state index in [1.807, 2.05) is 0 Å². The number of hydrogen-bond donors (Lipinski definition) is 2. The molecule has 1 aromatic rings. The molecule has 0 aliphatic rings. The Morgan fingerprint density at radius 2 is 2.00 bits per heavy atom. The van der Waals surface area contributed by atoms with Gasteiger partial charge >= 0.3 is 6.18 Å². The summed E-state index contributed by atoms with van der Waals surface area (Å²) in [6.07, 6.45) is -4.27. The van der Waals surface area contributed by atoms with Crippen LogP contribution in [-0.4, -0.2) is 24.6 Å². The summed E-state index contributed by atoms with van der Waals surface area (Å²) in [7, 11) is 0. The summed E-state index contributed by atoms with van der Waals surface area (Å²) in [4.78, 5) is 1.24. The van der Waals surface area contributed by atoms with Gasteiger partial charge < -0.3 is 10.6 Å². The number of benzene rings is 1. The Kier molecular flexibility index (Phi) is 4.84. The Morgan fingerprint density at radius 1 is 1.42 bits per heavy atom. The van der Waals surface area contributed by atoms with Gasteiger partial charge in [0, 0.05) is 16.1 Å². The van der Waals surface area contributed by atoms with Gasteiger partial charge in [0.2, 0.25) is 0 Å². The third-order valence-electron chi connectivity index (χ3n) is 2.54. The first-order chi connectivity index (χ1) is 8.61. The molecule has 3 N–H and O–H groups in total. The second-order valence-corrected chi connectivity index (χ2v) is 5.27. The third-order valence-corrected chi connectivity index (χ3v) is 3.18. The number of anilines is 1. The van der Waals surface area contributed by atoms with Gasteiger partial charge in [-0.05, 0) is 48.0 Å². The van der Waals surface area contributed by atoms with Gasteiger partial charge in [-0.2, -0.15) is 13.2 Å². The molecule has 0 aliphatic carbocycles. The van der Waals surface area contributed by atoms with E-state index in [0.29, 0.717) is 15.7 Å². The molecule has 3 nitrogen and oxygen atoms in total. The van der Waals surface area contributed by atoms with Crippen LogP contribution in [0.3, 0.4) is 0 Å². The number of halogens is 4. The first kappa shape index (κ1) is 15.8. The number of nitrogens with one attached hydrogen (secondary N) is 1. The average Bonchev–Trinajstić information content (AvgIpc) is 2.24. The fourth-order valence-corrected chi connectivity index (χ4v) is 2.25. The normalized spacial score (nSPS) is 11.7. The number of amidine groups is 1. The molecule has 0 saturated carbocycles. The Morgan fingerprint density at radius 3 is 2.37 bits per heavy atom. The molecule has 106 valence electrons. The van der Waals surface area contributed by atoms with Crippen LogP contribution in [0.1, 0.15) is 19.4 Å². The van der Waals surface area contributed by atoms with Crippen LogP contribution in [0.5, 0.6) is 0 Å². The Balaban J connectivity index is 3.14. The zero-order valence-corrected chi connectivity index (χ0v) is 12.1. The van der Waals surface area contributed by atoms with E-state index in [1.165, 1.54) is 17.0 Å². The van der Waals surface area contributed by atoms with Crippen LogP contribution in [0.15, 0.2) is 22.7 Å². The van der Waals surface area contributed by atoms with Crippen molar-refractivity contribution in [2.45, 2.75) is 26.1 Å². The molecule has 7 heteroatoms. The fourth-order valence-electron chi connectivity index (χ4n) is 1.65. The SMILES string of the molecule is CC(C)N(CC(F)(F)F)c1ccc(C(=N)N)cc1Br. The molecule has 19 heavy (non-hydrogen) atoms. The number of nitrogens with zero attached hydrogens (tertiary/aromatic N) is 1. The lowest BCUT2D eigenvalue weighted by Crippen LogP contribution is -2.39. The summed E-state index contributed by atoms with van der Waals surface area (Å²) in [6, 6.07) is 4.31. The summed E-state index contributed by atoms with van der Waals surface area (Å²) in [6.45, 7) is 2.36. The lowest BCUT2D eigenvalue weighted by atomic mass is 10.1.